The number of rotatable bonds is 5. The molecule has 0 bridgehead atoms. The second kappa shape index (κ2) is 5.49. The third-order valence-electron chi connectivity index (χ3n) is 2.05. The maximum Gasteiger partial charge on any atom is 0.163 e. The summed E-state index contributed by atoms with van der Waals surface area (Å²) in [5, 5.41) is 0. The van der Waals surface area contributed by atoms with Gasteiger partial charge in [-0.15, -0.1) is 0 Å². The molecule has 0 atom stereocenters. The van der Waals surface area contributed by atoms with Gasteiger partial charge in [-0.1, -0.05) is 12.5 Å². The molecule has 1 aromatic heterocycles. The van der Waals surface area contributed by atoms with Crippen molar-refractivity contribution >= 4 is 5.78 Å². The summed E-state index contributed by atoms with van der Waals surface area (Å²) in [4.78, 5) is 15.7. The molecule has 82 valence electrons. The molecule has 0 aliphatic heterocycles. The zero-order valence-electron chi connectivity index (χ0n) is 9.66. The van der Waals surface area contributed by atoms with Crippen molar-refractivity contribution in [1.82, 2.24) is 9.55 Å². The molecule has 0 spiro atoms. The quantitative estimate of drug-likeness (QED) is 0.693. The van der Waals surface area contributed by atoms with Crippen molar-refractivity contribution in [2.24, 2.45) is 0 Å². The van der Waals surface area contributed by atoms with E-state index in [-0.39, 0.29) is 5.78 Å². The molecule has 1 heterocycles. The van der Waals surface area contributed by atoms with Crippen molar-refractivity contribution in [3.8, 4) is 0 Å². The Bertz CT molecular complexity index is 359. The molecule has 0 unspecified atom stereocenters. The van der Waals surface area contributed by atoms with Gasteiger partial charge in [0.2, 0.25) is 0 Å². The van der Waals surface area contributed by atoms with Crippen LogP contribution < -0.4 is 0 Å². The monoisotopic (exact) mass is 206 g/mol. The second-order valence-electron chi connectivity index (χ2n) is 3.90. The maximum atomic E-state index is 11.5. The Labute approximate surface area is 90.8 Å². The van der Waals surface area contributed by atoms with Crippen LogP contribution >= 0.6 is 0 Å². The van der Waals surface area contributed by atoms with Gasteiger partial charge in [0.15, 0.2) is 5.78 Å². The lowest BCUT2D eigenvalue weighted by molar-refractivity contribution is -0.114. The highest BCUT2D eigenvalue weighted by atomic mass is 16.1. The number of allylic oxidation sites excluding steroid dienone is 2. The van der Waals surface area contributed by atoms with Crippen LogP contribution in [0.3, 0.4) is 0 Å². The Morgan fingerprint density at radius 2 is 2.27 bits per heavy atom. The summed E-state index contributed by atoms with van der Waals surface area (Å²) in [6.45, 7) is 6.89. The number of carbonyl (C=O) groups excluding carboxylic acids is 1. The maximum absolute atomic E-state index is 11.5. The Morgan fingerprint density at radius 1 is 1.53 bits per heavy atom. The summed E-state index contributed by atoms with van der Waals surface area (Å²) in [5.74, 6) is 0.984. The summed E-state index contributed by atoms with van der Waals surface area (Å²) in [6, 6.07) is 0. The Kier molecular flexibility index (Phi) is 4.28. The fourth-order valence-corrected chi connectivity index (χ4v) is 1.48. The molecule has 0 aromatic carbocycles. The first kappa shape index (κ1) is 11.7. The van der Waals surface area contributed by atoms with E-state index < -0.39 is 0 Å². The Balaban J connectivity index is 2.68. The lowest BCUT2D eigenvalue weighted by atomic mass is 10.2. The number of nitrogens with zero attached hydrogens (tertiary/aromatic N) is 2. The van der Waals surface area contributed by atoms with Crippen LogP contribution in [-0.2, 0) is 17.8 Å². The predicted molar refractivity (Wildman–Crippen MR) is 60.7 cm³/mol. The molecule has 3 heteroatoms. The minimum absolute atomic E-state index is 0.124. The van der Waals surface area contributed by atoms with Crippen molar-refractivity contribution < 1.29 is 4.79 Å². The molecule has 0 radical (unpaired) electrons. The number of aryl methyl sites for hydroxylation is 1. The second-order valence-corrected chi connectivity index (χ2v) is 3.90. The van der Waals surface area contributed by atoms with Gasteiger partial charge < -0.3 is 4.57 Å². The van der Waals surface area contributed by atoms with Crippen molar-refractivity contribution in [2.45, 2.75) is 40.2 Å². The highest BCUT2D eigenvalue weighted by Crippen LogP contribution is 2.02. The van der Waals surface area contributed by atoms with Gasteiger partial charge in [-0.05, 0) is 26.3 Å². The lowest BCUT2D eigenvalue weighted by Gasteiger charge is -2.04. The van der Waals surface area contributed by atoms with Crippen molar-refractivity contribution in [3.63, 3.8) is 0 Å². The average molecular weight is 206 g/mol. The minimum Gasteiger partial charge on any atom is -0.335 e. The molecule has 0 amide bonds. The van der Waals surface area contributed by atoms with Gasteiger partial charge in [0, 0.05) is 18.9 Å². The van der Waals surface area contributed by atoms with Crippen molar-refractivity contribution in [1.29, 1.82) is 0 Å². The average Bonchev–Trinajstić information content (AvgIpc) is 2.52. The van der Waals surface area contributed by atoms with Gasteiger partial charge in [-0.25, -0.2) is 4.98 Å². The van der Waals surface area contributed by atoms with Crippen LogP contribution in [-0.4, -0.2) is 15.3 Å². The Hall–Kier alpha value is -1.38. The fourth-order valence-electron chi connectivity index (χ4n) is 1.48. The van der Waals surface area contributed by atoms with E-state index in [9.17, 15) is 4.79 Å². The standard InChI is InChI=1S/C12H18N2O/c1-4-6-14-7-5-13-12(14)9-11(15)8-10(2)3/h5,7-8H,4,6,9H2,1-3H3. The van der Waals surface area contributed by atoms with Crippen LogP contribution in [0.4, 0.5) is 0 Å². The van der Waals surface area contributed by atoms with Crippen LogP contribution in [0.1, 0.15) is 33.0 Å². The van der Waals surface area contributed by atoms with E-state index in [2.05, 4.69) is 11.9 Å². The first-order chi connectivity index (χ1) is 7.13. The van der Waals surface area contributed by atoms with Crippen LogP contribution in [0.2, 0.25) is 0 Å². The third-order valence-corrected chi connectivity index (χ3v) is 2.05. The molecule has 3 nitrogen and oxygen atoms in total. The van der Waals surface area contributed by atoms with Crippen molar-refractivity contribution in [3.05, 3.63) is 29.9 Å². The number of aromatic nitrogens is 2. The van der Waals surface area contributed by atoms with E-state index in [1.807, 2.05) is 24.6 Å². The summed E-state index contributed by atoms with van der Waals surface area (Å²) in [5.41, 5.74) is 1.04. The van der Waals surface area contributed by atoms with E-state index >= 15 is 0 Å². The topological polar surface area (TPSA) is 34.9 Å². The van der Waals surface area contributed by atoms with Gasteiger partial charge in [-0.2, -0.15) is 0 Å². The van der Waals surface area contributed by atoms with Gasteiger partial charge in [0.05, 0.1) is 6.42 Å². The molecule has 15 heavy (non-hydrogen) atoms. The van der Waals surface area contributed by atoms with E-state index in [0.29, 0.717) is 6.42 Å². The first-order valence-corrected chi connectivity index (χ1v) is 5.31. The molecular formula is C12H18N2O. The molecule has 0 saturated carbocycles. The summed E-state index contributed by atoms with van der Waals surface area (Å²) in [7, 11) is 0. The van der Waals surface area contributed by atoms with Gasteiger partial charge >= 0.3 is 0 Å². The fraction of sp³-hybridized carbons (Fsp3) is 0.500. The smallest absolute Gasteiger partial charge is 0.163 e. The largest absolute Gasteiger partial charge is 0.335 e. The highest BCUT2D eigenvalue weighted by molar-refractivity contribution is 5.91. The normalized spacial score (nSPS) is 10.1. The molecular weight excluding hydrogens is 188 g/mol. The van der Waals surface area contributed by atoms with Gasteiger partial charge in [0.25, 0.3) is 0 Å². The summed E-state index contributed by atoms with van der Waals surface area (Å²) in [6.07, 6.45) is 6.80. The molecule has 0 saturated heterocycles. The molecule has 0 aliphatic carbocycles. The SMILES string of the molecule is CCCn1ccnc1CC(=O)C=C(C)C. The highest BCUT2D eigenvalue weighted by Gasteiger charge is 2.06. The van der Waals surface area contributed by atoms with E-state index in [4.69, 9.17) is 0 Å². The van der Waals surface area contributed by atoms with Crippen LogP contribution in [0, 0.1) is 0 Å². The Morgan fingerprint density at radius 3 is 2.87 bits per heavy atom. The van der Waals surface area contributed by atoms with Crippen molar-refractivity contribution in [2.75, 3.05) is 0 Å². The minimum atomic E-state index is 0.124. The van der Waals surface area contributed by atoms with E-state index in [1.165, 1.54) is 0 Å². The van der Waals surface area contributed by atoms with Crippen LogP contribution in [0.25, 0.3) is 0 Å². The molecule has 0 N–H and O–H groups in total. The van der Waals surface area contributed by atoms with E-state index in [0.717, 1.165) is 24.4 Å². The molecule has 0 aliphatic rings. The van der Waals surface area contributed by atoms with Crippen LogP contribution in [0.15, 0.2) is 24.0 Å². The predicted octanol–water partition coefficient (Wildman–Crippen LogP) is 2.37. The number of ketones is 1. The summed E-state index contributed by atoms with van der Waals surface area (Å²) < 4.78 is 2.04. The molecule has 1 rings (SSSR count). The van der Waals surface area contributed by atoms with Crippen LogP contribution in [0.5, 0.6) is 0 Å². The number of imidazole rings is 1. The van der Waals surface area contributed by atoms with Gasteiger partial charge in [0.1, 0.15) is 5.82 Å². The molecule has 1 aromatic rings. The lowest BCUT2D eigenvalue weighted by Crippen LogP contribution is -2.08. The zero-order valence-corrected chi connectivity index (χ0v) is 9.66. The van der Waals surface area contributed by atoms with Gasteiger partial charge in [-0.3, -0.25) is 4.79 Å². The van der Waals surface area contributed by atoms with E-state index in [1.54, 1.807) is 12.3 Å². The number of hydrogen-bond donors (Lipinski definition) is 0. The first-order valence-electron chi connectivity index (χ1n) is 5.31. The zero-order chi connectivity index (χ0) is 11.3. The summed E-state index contributed by atoms with van der Waals surface area (Å²) >= 11 is 0. The molecule has 0 fully saturated rings. The third kappa shape index (κ3) is 3.70. The number of carbonyl (C=O) groups is 1. The number of hydrogen-bond acceptors (Lipinski definition) is 2.